The Labute approximate surface area is 105 Å². The third kappa shape index (κ3) is 2.51. The van der Waals surface area contributed by atoms with Crippen LogP contribution in [0.15, 0.2) is 18.2 Å². The molecule has 1 aliphatic rings. The summed E-state index contributed by atoms with van der Waals surface area (Å²) < 4.78 is 0. The summed E-state index contributed by atoms with van der Waals surface area (Å²) in [6.45, 7) is 3.34. The smallest absolute Gasteiger partial charge is 0.251 e. The van der Waals surface area contributed by atoms with E-state index in [9.17, 15) is 9.59 Å². The van der Waals surface area contributed by atoms with Crippen molar-refractivity contribution in [2.24, 2.45) is 0 Å². The SMILES string of the molecule is CC(C)(CO)NC(=O)c1ccc2c(c1)CC(=O)N2. The highest BCUT2D eigenvalue weighted by Gasteiger charge is 2.22. The maximum Gasteiger partial charge on any atom is 0.251 e. The van der Waals surface area contributed by atoms with Gasteiger partial charge in [0.15, 0.2) is 0 Å². The summed E-state index contributed by atoms with van der Waals surface area (Å²) >= 11 is 0. The summed E-state index contributed by atoms with van der Waals surface area (Å²) in [5, 5.41) is 14.6. The molecule has 3 N–H and O–H groups in total. The predicted molar refractivity (Wildman–Crippen MR) is 67.4 cm³/mol. The summed E-state index contributed by atoms with van der Waals surface area (Å²) in [7, 11) is 0. The van der Waals surface area contributed by atoms with E-state index < -0.39 is 5.54 Å². The van der Waals surface area contributed by atoms with E-state index in [4.69, 9.17) is 5.11 Å². The van der Waals surface area contributed by atoms with E-state index in [0.29, 0.717) is 12.0 Å². The molecule has 18 heavy (non-hydrogen) atoms. The standard InChI is InChI=1S/C13H16N2O3/c1-13(2,7-16)15-12(18)8-3-4-10-9(5-8)6-11(17)14-10/h3-5,16H,6-7H2,1-2H3,(H,14,17)(H,15,18). The number of amides is 2. The van der Waals surface area contributed by atoms with Crippen LogP contribution in [0.2, 0.25) is 0 Å². The minimum absolute atomic E-state index is 0.0572. The first-order chi connectivity index (χ1) is 8.41. The minimum atomic E-state index is -0.663. The lowest BCUT2D eigenvalue weighted by atomic mass is 10.0. The van der Waals surface area contributed by atoms with E-state index in [-0.39, 0.29) is 18.4 Å². The van der Waals surface area contributed by atoms with E-state index in [1.807, 2.05) is 0 Å². The number of anilines is 1. The zero-order valence-electron chi connectivity index (χ0n) is 10.4. The Bertz CT molecular complexity index is 509. The van der Waals surface area contributed by atoms with E-state index in [1.54, 1.807) is 32.0 Å². The monoisotopic (exact) mass is 248 g/mol. The van der Waals surface area contributed by atoms with Crippen molar-refractivity contribution in [3.05, 3.63) is 29.3 Å². The number of aliphatic hydroxyl groups excluding tert-OH is 1. The van der Waals surface area contributed by atoms with Gasteiger partial charge >= 0.3 is 0 Å². The molecule has 0 spiro atoms. The van der Waals surface area contributed by atoms with E-state index >= 15 is 0 Å². The number of carbonyl (C=O) groups excluding carboxylic acids is 2. The predicted octanol–water partition coefficient (Wildman–Crippen LogP) is 0.682. The number of carbonyl (C=O) groups is 2. The van der Waals surface area contributed by atoms with Crippen LogP contribution in [0.1, 0.15) is 29.8 Å². The number of benzene rings is 1. The van der Waals surface area contributed by atoms with Gasteiger partial charge in [0.1, 0.15) is 0 Å². The summed E-state index contributed by atoms with van der Waals surface area (Å²) in [5.41, 5.74) is 1.42. The van der Waals surface area contributed by atoms with Gasteiger partial charge in [-0.05, 0) is 37.6 Å². The first-order valence-electron chi connectivity index (χ1n) is 5.77. The maximum atomic E-state index is 12.0. The summed E-state index contributed by atoms with van der Waals surface area (Å²) in [6.07, 6.45) is 0.305. The van der Waals surface area contributed by atoms with Crippen molar-refractivity contribution in [3.63, 3.8) is 0 Å². The second-order valence-corrected chi connectivity index (χ2v) is 5.09. The van der Waals surface area contributed by atoms with E-state index in [1.165, 1.54) is 0 Å². The Balaban J connectivity index is 2.18. The van der Waals surface area contributed by atoms with Crippen LogP contribution in [0.4, 0.5) is 5.69 Å². The molecule has 0 fully saturated rings. The second-order valence-electron chi connectivity index (χ2n) is 5.09. The molecule has 2 rings (SSSR count). The molecule has 0 unspecified atom stereocenters. The van der Waals surface area contributed by atoms with E-state index in [2.05, 4.69) is 10.6 Å². The molecule has 2 amide bonds. The third-order valence-corrected chi connectivity index (χ3v) is 2.84. The van der Waals surface area contributed by atoms with Gasteiger partial charge in [-0.1, -0.05) is 0 Å². The van der Waals surface area contributed by atoms with Gasteiger partial charge in [0.05, 0.1) is 18.6 Å². The van der Waals surface area contributed by atoms with Crippen molar-refractivity contribution in [2.45, 2.75) is 25.8 Å². The molecule has 1 aromatic rings. The van der Waals surface area contributed by atoms with Crippen molar-refractivity contribution >= 4 is 17.5 Å². The molecule has 5 nitrogen and oxygen atoms in total. The number of aliphatic hydroxyl groups is 1. The van der Waals surface area contributed by atoms with Crippen LogP contribution in [0.25, 0.3) is 0 Å². The third-order valence-electron chi connectivity index (χ3n) is 2.84. The van der Waals surface area contributed by atoms with Crippen LogP contribution in [0.3, 0.4) is 0 Å². The topological polar surface area (TPSA) is 78.4 Å². The summed E-state index contributed by atoms with van der Waals surface area (Å²) in [4.78, 5) is 23.2. The molecule has 96 valence electrons. The highest BCUT2D eigenvalue weighted by molar-refractivity contribution is 6.01. The quantitative estimate of drug-likeness (QED) is 0.736. The lowest BCUT2D eigenvalue weighted by Gasteiger charge is -2.23. The van der Waals surface area contributed by atoms with Crippen LogP contribution in [0, 0.1) is 0 Å². The van der Waals surface area contributed by atoms with Crippen molar-refractivity contribution in [3.8, 4) is 0 Å². The van der Waals surface area contributed by atoms with Crippen molar-refractivity contribution in [1.82, 2.24) is 5.32 Å². The summed E-state index contributed by atoms with van der Waals surface area (Å²) in [5.74, 6) is -0.311. The Morgan fingerprint density at radius 1 is 1.50 bits per heavy atom. The van der Waals surface area contributed by atoms with Crippen molar-refractivity contribution in [2.75, 3.05) is 11.9 Å². The maximum absolute atomic E-state index is 12.0. The van der Waals surface area contributed by atoms with Gasteiger partial charge in [0.25, 0.3) is 5.91 Å². The molecule has 1 heterocycles. The molecule has 0 aromatic heterocycles. The van der Waals surface area contributed by atoms with Gasteiger partial charge in [0.2, 0.25) is 5.91 Å². The molecule has 1 aromatic carbocycles. The largest absolute Gasteiger partial charge is 0.394 e. The number of fused-ring (bicyclic) bond motifs is 1. The van der Waals surface area contributed by atoms with Gasteiger partial charge in [-0.2, -0.15) is 0 Å². The molecule has 0 radical (unpaired) electrons. The zero-order chi connectivity index (χ0) is 13.3. The van der Waals surface area contributed by atoms with E-state index in [0.717, 1.165) is 11.3 Å². The number of nitrogens with one attached hydrogen (secondary N) is 2. The van der Waals surface area contributed by atoms with Gasteiger partial charge in [-0.25, -0.2) is 0 Å². The molecule has 0 saturated carbocycles. The normalized spacial score (nSPS) is 14.1. The lowest BCUT2D eigenvalue weighted by Crippen LogP contribution is -2.46. The molecular formula is C13H16N2O3. The number of hydrogen-bond acceptors (Lipinski definition) is 3. The Morgan fingerprint density at radius 3 is 2.89 bits per heavy atom. The molecule has 1 aliphatic heterocycles. The van der Waals surface area contributed by atoms with Gasteiger partial charge < -0.3 is 15.7 Å². The molecule has 5 heteroatoms. The molecule has 0 bridgehead atoms. The Hall–Kier alpha value is -1.88. The van der Waals surface area contributed by atoms with Crippen LogP contribution < -0.4 is 10.6 Å². The minimum Gasteiger partial charge on any atom is -0.394 e. The first kappa shape index (κ1) is 12.6. The fourth-order valence-electron chi connectivity index (χ4n) is 1.79. The van der Waals surface area contributed by atoms with Gasteiger partial charge in [0, 0.05) is 11.3 Å². The number of rotatable bonds is 3. The Kier molecular flexibility index (Phi) is 3.09. The van der Waals surface area contributed by atoms with Crippen LogP contribution in [-0.2, 0) is 11.2 Å². The fourth-order valence-corrected chi connectivity index (χ4v) is 1.79. The van der Waals surface area contributed by atoms with Crippen molar-refractivity contribution in [1.29, 1.82) is 0 Å². The van der Waals surface area contributed by atoms with Crippen LogP contribution >= 0.6 is 0 Å². The lowest BCUT2D eigenvalue weighted by molar-refractivity contribution is -0.115. The highest BCUT2D eigenvalue weighted by Crippen LogP contribution is 2.23. The van der Waals surface area contributed by atoms with Crippen LogP contribution in [0.5, 0.6) is 0 Å². The van der Waals surface area contributed by atoms with Gasteiger partial charge in [-0.3, -0.25) is 9.59 Å². The average Bonchev–Trinajstić information content (AvgIpc) is 2.67. The van der Waals surface area contributed by atoms with Crippen LogP contribution in [-0.4, -0.2) is 29.1 Å². The molecule has 0 atom stereocenters. The van der Waals surface area contributed by atoms with Gasteiger partial charge in [-0.15, -0.1) is 0 Å². The Morgan fingerprint density at radius 2 is 2.22 bits per heavy atom. The zero-order valence-corrected chi connectivity index (χ0v) is 10.4. The molecule has 0 saturated heterocycles. The fraction of sp³-hybridized carbons (Fsp3) is 0.385. The first-order valence-corrected chi connectivity index (χ1v) is 5.77. The second kappa shape index (κ2) is 4.42. The highest BCUT2D eigenvalue weighted by atomic mass is 16.3. The van der Waals surface area contributed by atoms with Crippen molar-refractivity contribution < 1.29 is 14.7 Å². The average molecular weight is 248 g/mol. The molecular weight excluding hydrogens is 232 g/mol. The number of hydrogen-bond donors (Lipinski definition) is 3. The summed E-state index contributed by atoms with van der Waals surface area (Å²) in [6, 6.07) is 5.09. The molecule has 0 aliphatic carbocycles.